The predicted octanol–water partition coefficient (Wildman–Crippen LogP) is 4.73. The van der Waals surface area contributed by atoms with Crippen LogP contribution < -0.4 is 0 Å². The molecule has 0 heterocycles. The zero-order chi connectivity index (χ0) is 10.7. The van der Waals surface area contributed by atoms with Crippen molar-refractivity contribution >= 4 is 0 Å². The van der Waals surface area contributed by atoms with Gasteiger partial charge in [0, 0.05) is 0 Å². The average molecular weight is 204 g/mol. The maximum Gasteiger partial charge on any atom is -0.00523 e. The van der Waals surface area contributed by atoms with Crippen LogP contribution in [-0.4, -0.2) is 0 Å². The minimum Gasteiger partial charge on any atom is -0.0880 e. The van der Waals surface area contributed by atoms with Crippen LogP contribution in [0.3, 0.4) is 0 Å². The van der Waals surface area contributed by atoms with E-state index in [2.05, 4.69) is 38.2 Å². The second-order valence-electron chi connectivity index (χ2n) is 5.32. The molecular formula is C15H24. The largest absolute Gasteiger partial charge is 0.0880 e. The molecule has 0 heteroatoms. The summed E-state index contributed by atoms with van der Waals surface area (Å²) in [5, 5.41) is 0. The lowest BCUT2D eigenvalue weighted by Crippen LogP contribution is -2.22. The van der Waals surface area contributed by atoms with Crippen LogP contribution in [0.25, 0.3) is 0 Å². The minimum atomic E-state index is 0.535. The Morgan fingerprint density at radius 1 is 1.33 bits per heavy atom. The number of fused-ring (bicyclic) bond motifs is 2. The third-order valence-corrected chi connectivity index (χ3v) is 4.39. The Kier molecular flexibility index (Phi) is 3.33. The van der Waals surface area contributed by atoms with Crippen molar-refractivity contribution in [3.8, 4) is 0 Å². The highest BCUT2D eigenvalue weighted by Gasteiger charge is 2.44. The van der Waals surface area contributed by atoms with Gasteiger partial charge in [0.1, 0.15) is 0 Å². The van der Waals surface area contributed by atoms with Gasteiger partial charge in [-0.05, 0) is 42.9 Å². The quantitative estimate of drug-likeness (QED) is 0.449. The summed E-state index contributed by atoms with van der Waals surface area (Å²) >= 11 is 0. The molecule has 0 nitrogen and oxygen atoms in total. The van der Waals surface area contributed by atoms with Crippen LogP contribution in [0.5, 0.6) is 0 Å². The SMILES string of the molecule is CCCCC=CC1(CC)CC2C=CC1C2. The molecule has 0 N–H and O–H groups in total. The standard InChI is InChI=1S/C15H24/c1-3-5-6-7-10-15(4-2)12-13-8-9-14(15)11-13/h7-10,13-14H,3-6,11-12H2,1-2H3. The van der Waals surface area contributed by atoms with Crippen molar-refractivity contribution in [2.45, 2.75) is 52.4 Å². The van der Waals surface area contributed by atoms with E-state index in [-0.39, 0.29) is 0 Å². The maximum absolute atomic E-state index is 2.55. The molecule has 0 amide bonds. The van der Waals surface area contributed by atoms with Crippen molar-refractivity contribution in [3.05, 3.63) is 24.3 Å². The summed E-state index contributed by atoms with van der Waals surface area (Å²) in [5.74, 6) is 1.75. The Morgan fingerprint density at radius 2 is 2.20 bits per heavy atom. The van der Waals surface area contributed by atoms with Gasteiger partial charge in [0.15, 0.2) is 0 Å². The van der Waals surface area contributed by atoms with Gasteiger partial charge in [0.25, 0.3) is 0 Å². The molecule has 0 aromatic heterocycles. The van der Waals surface area contributed by atoms with Crippen LogP contribution in [0.15, 0.2) is 24.3 Å². The van der Waals surface area contributed by atoms with Gasteiger partial charge in [-0.1, -0.05) is 51.0 Å². The summed E-state index contributed by atoms with van der Waals surface area (Å²) in [6.45, 7) is 4.63. The Balaban J connectivity index is 1.98. The maximum atomic E-state index is 2.55. The molecule has 0 aliphatic heterocycles. The van der Waals surface area contributed by atoms with Crippen molar-refractivity contribution in [2.24, 2.45) is 17.3 Å². The van der Waals surface area contributed by atoms with Gasteiger partial charge in [0.05, 0.1) is 0 Å². The van der Waals surface area contributed by atoms with Crippen LogP contribution in [0, 0.1) is 17.3 Å². The third kappa shape index (κ3) is 2.04. The first-order valence-electron chi connectivity index (χ1n) is 6.66. The molecule has 0 aromatic rings. The smallest absolute Gasteiger partial charge is 0.00523 e. The first-order chi connectivity index (χ1) is 7.30. The topological polar surface area (TPSA) is 0 Å². The van der Waals surface area contributed by atoms with Gasteiger partial charge in [-0.2, -0.15) is 0 Å². The van der Waals surface area contributed by atoms with Gasteiger partial charge in [0.2, 0.25) is 0 Å². The van der Waals surface area contributed by atoms with E-state index in [1.54, 1.807) is 0 Å². The lowest BCUT2D eigenvalue weighted by atomic mass is 9.73. The van der Waals surface area contributed by atoms with Crippen molar-refractivity contribution in [1.82, 2.24) is 0 Å². The zero-order valence-electron chi connectivity index (χ0n) is 10.2. The molecule has 15 heavy (non-hydrogen) atoms. The molecule has 0 spiro atoms. The van der Waals surface area contributed by atoms with Crippen LogP contribution in [0.1, 0.15) is 52.4 Å². The highest BCUT2D eigenvalue weighted by Crippen LogP contribution is 2.54. The number of unbranched alkanes of at least 4 members (excludes halogenated alkanes) is 2. The number of rotatable bonds is 5. The third-order valence-electron chi connectivity index (χ3n) is 4.39. The van der Waals surface area contributed by atoms with Crippen molar-refractivity contribution in [3.63, 3.8) is 0 Å². The van der Waals surface area contributed by atoms with Crippen LogP contribution >= 0.6 is 0 Å². The molecule has 2 aliphatic carbocycles. The Morgan fingerprint density at radius 3 is 2.73 bits per heavy atom. The molecule has 2 bridgehead atoms. The summed E-state index contributed by atoms with van der Waals surface area (Å²) in [4.78, 5) is 0. The van der Waals surface area contributed by atoms with E-state index in [1.165, 1.54) is 38.5 Å². The van der Waals surface area contributed by atoms with Gasteiger partial charge in [-0.3, -0.25) is 0 Å². The normalized spacial score (nSPS) is 38.3. The summed E-state index contributed by atoms with van der Waals surface area (Å²) < 4.78 is 0. The molecule has 0 aromatic carbocycles. The monoisotopic (exact) mass is 204 g/mol. The molecule has 0 radical (unpaired) electrons. The van der Waals surface area contributed by atoms with Crippen LogP contribution in [-0.2, 0) is 0 Å². The van der Waals surface area contributed by atoms with E-state index < -0.39 is 0 Å². The molecule has 2 rings (SSSR count). The van der Waals surface area contributed by atoms with Crippen molar-refractivity contribution in [2.75, 3.05) is 0 Å². The van der Waals surface area contributed by atoms with Gasteiger partial charge >= 0.3 is 0 Å². The summed E-state index contributed by atoms with van der Waals surface area (Å²) in [7, 11) is 0. The first-order valence-corrected chi connectivity index (χ1v) is 6.66. The van der Waals surface area contributed by atoms with Gasteiger partial charge < -0.3 is 0 Å². The molecule has 3 unspecified atom stereocenters. The molecule has 84 valence electrons. The number of allylic oxidation sites excluding steroid dienone is 4. The Labute approximate surface area is 94.5 Å². The summed E-state index contributed by atoms with van der Waals surface area (Å²) in [6.07, 6.45) is 18.0. The molecule has 2 aliphatic rings. The fraction of sp³-hybridized carbons (Fsp3) is 0.733. The zero-order valence-corrected chi connectivity index (χ0v) is 10.2. The van der Waals surface area contributed by atoms with Gasteiger partial charge in [-0.15, -0.1) is 0 Å². The van der Waals surface area contributed by atoms with E-state index >= 15 is 0 Å². The molecule has 1 saturated carbocycles. The Hall–Kier alpha value is -0.520. The van der Waals surface area contributed by atoms with Crippen molar-refractivity contribution in [1.29, 1.82) is 0 Å². The van der Waals surface area contributed by atoms with E-state index in [9.17, 15) is 0 Å². The predicted molar refractivity (Wildman–Crippen MR) is 66.7 cm³/mol. The second kappa shape index (κ2) is 4.55. The van der Waals surface area contributed by atoms with E-state index in [0.717, 1.165) is 11.8 Å². The van der Waals surface area contributed by atoms with E-state index in [0.29, 0.717) is 5.41 Å². The average Bonchev–Trinajstić information content (AvgIpc) is 2.85. The van der Waals surface area contributed by atoms with E-state index in [4.69, 9.17) is 0 Å². The molecule has 3 atom stereocenters. The summed E-state index contributed by atoms with van der Waals surface area (Å²) in [6, 6.07) is 0. The highest BCUT2D eigenvalue weighted by molar-refractivity contribution is 5.20. The molecule has 1 fully saturated rings. The fourth-order valence-corrected chi connectivity index (χ4v) is 3.35. The van der Waals surface area contributed by atoms with Crippen LogP contribution in [0.2, 0.25) is 0 Å². The number of hydrogen-bond acceptors (Lipinski definition) is 0. The lowest BCUT2D eigenvalue weighted by molar-refractivity contribution is 0.301. The molecule has 0 saturated heterocycles. The number of hydrogen-bond donors (Lipinski definition) is 0. The second-order valence-corrected chi connectivity index (χ2v) is 5.32. The van der Waals surface area contributed by atoms with Gasteiger partial charge in [-0.25, -0.2) is 0 Å². The fourth-order valence-electron chi connectivity index (χ4n) is 3.35. The molecular weight excluding hydrogens is 180 g/mol. The minimum absolute atomic E-state index is 0.535. The summed E-state index contributed by atoms with van der Waals surface area (Å²) in [5.41, 5.74) is 0.535. The first kappa shape index (κ1) is 11.0. The lowest BCUT2D eigenvalue weighted by Gasteiger charge is -2.31. The van der Waals surface area contributed by atoms with E-state index in [1.807, 2.05) is 0 Å². The highest BCUT2D eigenvalue weighted by atomic mass is 14.5. The van der Waals surface area contributed by atoms with Crippen molar-refractivity contribution < 1.29 is 0 Å². The Bertz CT molecular complexity index is 261. The van der Waals surface area contributed by atoms with Crippen LogP contribution in [0.4, 0.5) is 0 Å².